The van der Waals surface area contributed by atoms with Crippen LogP contribution in [0, 0.1) is 0 Å². The summed E-state index contributed by atoms with van der Waals surface area (Å²) in [5.41, 5.74) is 6.13. The predicted octanol–water partition coefficient (Wildman–Crippen LogP) is 0.917. The third-order valence-corrected chi connectivity index (χ3v) is 4.13. The Balaban J connectivity index is 1.82. The first-order valence-electron chi connectivity index (χ1n) is 9.26. The van der Waals surface area contributed by atoms with Gasteiger partial charge in [-0.05, 0) is 51.5 Å². The van der Waals surface area contributed by atoms with Gasteiger partial charge in [0, 0.05) is 24.3 Å². The number of hydrogen-bond donors (Lipinski definition) is 4. The molecule has 0 spiro atoms. The number of urea groups is 1. The molecule has 1 aliphatic rings. The standard InChI is InChI=1S/C19H27N5O5/c1-19(2,3)29-15(25)8-10-21-18(27)22-14-9-11-24(17(14)26)13-6-4-12(5-7-13)16(20)23-28/h4-7,14,28H,8-11H2,1-3H3,(H2,20,23)(H2,21,22,27)/t14-/m0/s1. The van der Waals surface area contributed by atoms with Crippen molar-refractivity contribution < 1.29 is 24.3 Å². The molecular weight excluding hydrogens is 378 g/mol. The van der Waals surface area contributed by atoms with E-state index in [0.29, 0.717) is 24.2 Å². The van der Waals surface area contributed by atoms with Crippen LogP contribution in [0.25, 0.3) is 0 Å². The van der Waals surface area contributed by atoms with Crippen LogP contribution < -0.4 is 21.3 Å². The van der Waals surface area contributed by atoms with Gasteiger partial charge in [0.2, 0.25) is 5.91 Å². The largest absolute Gasteiger partial charge is 0.460 e. The van der Waals surface area contributed by atoms with Crippen molar-refractivity contribution in [1.29, 1.82) is 0 Å². The van der Waals surface area contributed by atoms with Crippen LogP contribution in [0.1, 0.15) is 39.2 Å². The van der Waals surface area contributed by atoms with E-state index in [2.05, 4.69) is 15.8 Å². The first-order chi connectivity index (χ1) is 13.6. The zero-order valence-corrected chi connectivity index (χ0v) is 16.8. The SMILES string of the molecule is CC(C)(C)OC(=O)CCNC(=O)N[C@H]1CCN(c2ccc(/C(N)=N/O)cc2)C1=O. The summed E-state index contributed by atoms with van der Waals surface area (Å²) >= 11 is 0. The van der Waals surface area contributed by atoms with Crippen molar-refractivity contribution in [3.8, 4) is 0 Å². The summed E-state index contributed by atoms with van der Waals surface area (Å²) in [6.07, 6.45) is 0.502. The van der Waals surface area contributed by atoms with Gasteiger partial charge in [-0.15, -0.1) is 0 Å². The van der Waals surface area contributed by atoms with Crippen molar-refractivity contribution in [2.24, 2.45) is 10.9 Å². The number of rotatable bonds is 6. The number of carbonyl (C=O) groups is 3. The molecule has 0 bridgehead atoms. The molecule has 2 rings (SSSR count). The van der Waals surface area contributed by atoms with Crippen LogP contribution >= 0.6 is 0 Å². The lowest BCUT2D eigenvalue weighted by Gasteiger charge is -2.19. The van der Waals surface area contributed by atoms with Crippen LogP contribution in [0.5, 0.6) is 0 Å². The first-order valence-corrected chi connectivity index (χ1v) is 9.26. The highest BCUT2D eigenvalue weighted by Gasteiger charge is 2.33. The normalized spacial score (nSPS) is 17.2. The molecule has 5 N–H and O–H groups in total. The van der Waals surface area contributed by atoms with Crippen molar-refractivity contribution in [3.63, 3.8) is 0 Å². The molecule has 10 heteroatoms. The summed E-state index contributed by atoms with van der Waals surface area (Å²) in [5.74, 6) is -0.660. The van der Waals surface area contributed by atoms with Gasteiger partial charge in [0.15, 0.2) is 5.84 Å². The summed E-state index contributed by atoms with van der Waals surface area (Å²) in [6, 6.07) is 5.49. The van der Waals surface area contributed by atoms with E-state index >= 15 is 0 Å². The van der Waals surface area contributed by atoms with Crippen LogP contribution in [0.2, 0.25) is 0 Å². The second kappa shape index (κ2) is 9.26. The van der Waals surface area contributed by atoms with E-state index in [9.17, 15) is 14.4 Å². The molecule has 1 saturated heterocycles. The molecule has 1 atom stereocenters. The van der Waals surface area contributed by atoms with Crippen molar-refractivity contribution in [2.75, 3.05) is 18.0 Å². The second-order valence-corrected chi connectivity index (χ2v) is 7.60. The second-order valence-electron chi connectivity index (χ2n) is 7.60. The van der Waals surface area contributed by atoms with Crippen molar-refractivity contribution in [1.82, 2.24) is 10.6 Å². The summed E-state index contributed by atoms with van der Waals surface area (Å²) in [5, 5.41) is 16.8. The van der Waals surface area contributed by atoms with Crippen molar-refractivity contribution in [3.05, 3.63) is 29.8 Å². The van der Waals surface area contributed by atoms with Gasteiger partial charge in [0.05, 0.1) is 6.42 Å². The van der Waals surface area contributed by atoms with Gasteiger partial charge in [0.1, 0.15) is 11.6 Å². The monoisotopic (exact) mass is 405 g/mol. The molecule has 0 saturated carbocycles. The Labute approximate surface area is 169 Å². The number of esters is 1. The maximum Gasteiger partial charge on any atom is 0.315 e. The van der Waals surface area contributed by atoms with Gasteiger partial charge >= 0.3 is 12.0 Å². The van der Waals surface area contributed by atoms with E-state index in [-0.39, 0.29) is 24.7 Å². The van der Waals surface area contributed by atoms with Gasteiger partial charge in [-0.2, -0.15) is 0 Å². The van der Waals surface area contributed by atoms with E-state index in [4.69, 9.17) is 15.7 Å². The van der Waals surface area contributed by atoms with E-state index in [1.165, 1.54) is 0 Å². The number of ether oxygens (including phenoxy) is 1. The lowest BCUT2D eigenvalue weighted by molar-refractivity contribution is -0.154. The highest BCUT2D eigenvalue weighted by molar-refractivity contribution is 6.02. The molecular formula is C19H27N5O5. The molecule has 10 nitrogen and oxygen atoms in total. The third-order valence-electron chi connectivity index (χ3n) is 4.13. The third kappa shape index (κ3) is 6.37. The average molecular weight is 405 g/mol. The number of amidine groups is 1. The Morgan fingerprint density at radius 2 is 1.97 bits per heavy atom. The van der Waals surface area contributed by atoms with Crippen LogP contribution in [0.15, 0.2) is 29.4 Å². The first kappa shape index (κ1) is 22.0. The van der Waals surface area contributed by atoms with Crippen LogP contribution in [0.3, 0.4) is 0 Å². The molecule has 0 aromatic heterocycles. The number of nitrogens with one attached hydrogen (secondary N) is 2. The molecule has 1 aromatic carbocycles. The van der Waals surface area contributed by atoms with Crippen LogP contribution in [-0.2, 0) is 14.3 Å². The van der Waals surface area contributed by atoms with Crippen LogP contribution in [0.4, 0.5) is 10.5 Å². The highest BCUT2D eigenvalue weighted by Crippen LogP contribution is 2.22. The molecule has 158 valence electrons. The number of carbonyl (C=O) groups excluding carboxylic acids is 3. The lowest BCUT2D eigenvalue weighted by Crippen LogP contribution is -2.46. The van der Waals surface area contributed by atoms with Gasteiger partial charge < -0.3 is 31.2 Å². The molecule has 0 unspecified atom stereocenters. The minimum absolute atomic E-state index is 0.0214. The fraction of sp³-hybridized carbons (Fsp3) is 0.474. The Morgan fingerprint density at radius 1 is 1.31 bits per heavy atom. The summed E-state index contributed by atoms with van der Waals surface area (Å²) in [4.78, 5) is 37.8. The van der Waals surface area contributed by atoms with E-state index in [1.54, 1.807) is 49.9 Å². The zero-order valence-electron chi connectivity index (χ0n) is 16.8. The molecule has 0 aliphatic carbocycles. The smallest absolute Gasteiger partial charge is 0.315 e. The summed E-state index contributed by atoms with van der Waals surface area (Å²) in [6.45, 7) is 5.87. The Morgan fingerprint density at radius 3 is 2.55 bits per heavy atom. The highest BCUT2D eigenvalue weighted by atomic mass is 16.6. The molecule has 1 fully saturated rings. The quantitative estimate of drug-likeness (QED) is 0.182. The average Bonchev–Trinajstić information content (AvgIpc) is 3.00. The number of nitrogens with zero attached hydrogens (tertiary/aromatic N) is 2. The van der Waals surface area contributed by atoms with Crippen LogP contribution in [-0.4, -0.2) is 53.7 Å². The van der Waals surface area contributed by atoms with Gasteiger partial charge in [-0.1, -0.05) is 5.16 Å². The van der Waals surface area contributed by atoms with Gasteiger partial charge in [0.25, 0.3) is 0 Å². The van der Waals surface area contributed by atoms with Gasteiger partial charge in [-0.25, -0.2) is 4.79 Å². The summed E-state index contributed by atoms with van der Waals surface area (Å²) in [7, 11) is 0. The predicted molar refractivity (Wildman–Crippen MR) is 107 cm³/mol. The molecule has 1 aliphatic heterocycles. The van der Waals surface area contributed by atoms with E-state index in [0.717, 1.165) is 0 Å². The Hall–Kier alpha value is -3.30. The number of hydrogen-bond acceptors (Lipinski definition) is 6. The number of oxime groups is 1. The van der Waals surface area contributed by atoms with Crippen molar-refractivity contribution in [2.45, 2.75) is 45.3 Å². The fourth-order valence-corrected chi connectivity index (χ4v) is 2.82. The van der Waals surface area contributed by atoms with Gasteiger partial charge in [-0.3, -0.25) is 9.59 Å². The number of nitrogens with two attached hydrogens (primary N) is 1. The summed E-state index contributed by atoms with van der Waals surface area (Å²) < 4.78 is 5.16. The zero-order chi connectivity index (χ0) is 21.6. The minimum Gasteiger partial charge on any atom is -0.460 e. The minimum atomic E-state index is -0.653. The lowest BCUT2D eigenvalue weighted by atomic mass is 10.2. The van der Waals surface area contributed by atoms with E-state index < -0.39 is 23.6 Å². The molecule has 1 heterocycles. The number of anilines is 1. The topological polar surface area (TPSA) is 146 Å². The Kier molecular flexibility index (Phi) is 7.03. The maximum absolute atomic E-state index is 12.6. The number of benzene rings is 1. The maximum atomic E-state index is 12.6. The fourth-order valence-electron chi connectivity index (χ4n) is 2.82. The number of amides is 3. The molecule has 0 radical (unpaired) electrons. The van der Waals surface area contributed by atoms with Crippen molar-refractivity contribution >= 4 is 29.4 Å². The Bertz CT molecular complexity index is 785. The molecule has 3 amide bonds. The molecule has 29 heavy (non-hydrogen) atoms. The van der Waals surface area contributed by atoms with E-state index in [1.807, 2.05) is 0 Å². The molecule has 1 aromatic rings.